The van der Waals surface area contributed by atoms with Gasteiger partial charge >= 0.3 is 5.97 Å². The van der Waals surface area contributed by atoms with Gasteiger partial charge in [0, 0.05) is 0 Å². The summed E-state index contributed by atoms with van der Waals surface area (Å²) in [6, 6.07) is -0.788. The molecule has 0 aromatic heterocycles. The minimum Gasteiger partial charge on any atom is -0.480 e. The summed E-state index contributed by atoms with van der Waals surface area (Å²) in [5.41, 5.74) is -0.556. The van der Waals surface area contributed by atoms with Gasteiger partial charge < -0.3 is 15.7 Å². The molecule has 0 aromatic rings. The molecule has 1 rings (SSSR count). The Morgan fingerprint density at radius 3 is 2.53 bits per heavy atom. The van der Waals surface area contributed by atoms with E-state index in [4.69, 9.17) is 0 Å². The second-order valence-electron chi connectivity index (χ2n) is 5.86. The van der Waals surface area contributed by atoms with Crippen LogP contribution in [0, 0.1) is 5.92 Å². The van der Waals surface area contributed by atoms with E-state index in [2.05, 4.69) is 10.6 Å². The third kappa shape index (κ3) is 4.20. The predicted molar refractivity (Wildman–Crippen MR) is 73.9 cm³/mol. The molecule has 0 saturated carbocycles. The molecule has 1 amide bonds. The molecule has 1 unspecified atom stereocenters. The van der Waals surface area contributed by atoms with Crippen molar-refractivity contribution in [3.8, 4) is 0 Å². The van der Waals surface area contributed by atoms with Crippen molar-refractivity contribution in [2.75, 3.05) is 6.54 Å². The summed E-state index contributed by atoms with van der Waals surface area (Å²) >= 11 is 0. The number of nitrogens with one attached hydrogen (secondary N) is 2. The van der Waals surface area contributed by atoms with Crippen LogP contribution in [-0.2, 0) is 9.59 Å². The Morgan fingerprint density at radius 2 is 2.11 bits per heavy atom. The molecule has 0 aromatic carbocycles. The molecule has 0 spiro atoms. The topological polar surface area (TPSA) is 78.4 Å². The minimum atomic E-state index is -0.952. The van der Waals surface area contributed by atoms with E-state index >= 15 is 0 Å². The van der Waals surface area contributed by atoms with Crippen LogP contribution in [0.3, 0.4) is 0 Å². The Labute approximate surface area is 115 Å². The first-order chi connectivity index (χ1) is 8.91. The molecule has 110 valence electrons. The highest BCUT2D eigenvalue weighted by molar-refractivity contribution is 5.90. The van der Waals surface area contributed by atoms with Crippen molar-refractivity contribution in [2.45, 2.75) is 64.5 Å². The summed E-state index contributed by atoms with van der Waals surface area (Å²) in [6.07, 6.45) is 3.88. The van der Waals surface area contributed by atoms with Crippen LogP contribution in [-0.4, -0.2) is 35.1 Å². The Bertz CT molecular complexity index is 323. The van der Waals surface area contributed by atoms with Gasteiger partial charge in [-0.2, -0.15) is 0 Å². The third-order valence-electron chi connectivity index (χ3n) is 3.67. The van der Waals surface area contributed by atoms with E-state index in [0.717, 1.165) is 32.2 Å². The van der Waals surface area contributed by atoms with Crippen molar-refractivity contribution >= 4 is 11.9 Å². The van der Waals surface area contributed by atoms with Crippen LogP contribution in [0.5, 0.6) is 0 Å². The SMILES string of the molecule is CCCC1(C(=O)N[C@@H](CC(C)C)C(=O)O)CCCN1. The van der Waals surface area contributed by atoms with Crippen LogP contribution in [0.1, 0.15) is 52.9 Å². The van der Waals surface area contributed by atoms with Gasteiger partial charge in [0.1, 0.15) is 6.04 Å². The van der Waals surface area contributed by atoms with E-state index in [1.165, 1.54) is 0 Å². The Balaban J connectivity index is 2.71. The molecule has 1 saturated heterocycles. The van der Waals surface area contributed by atoms with Gasteiger partial charge in [0.2, 0.25) is 5.91 Å². The zero-order valence-electron chi connectivity index (χ0n) is 12.2. The quantitative estimate of drug-likeness (QED) is 0.655. The van der Waals surface area contributed by atoms with Gasteiger partial charge in [-0.25, -0.2) is 4.79 Å². The van der Waals surface area contributed by atoms with Crippen molar-refractivity contribution in [3.63, 3.8) is 0 Å². The van der Waals surface area contributed by atoms with Crippen LogP contribution in [0.25, 0.3) is 0 Å². The molecular formula is C14H26N2O3. The first-order valence-corrected chi connectivity index (χ1v) is 7.20. The standard InChI is InChI=1S/C14H26N2O3/c1-4-6-14(7-5-8-15-14)13(19)16-11(12(17)18)9-10(2)3/h10-11,15H,4-9H2,1-3H3,(H,16,19)(H,17,18)/t11-,14?/m0/s1. The maximum absolute atomic E-state index is 12.4. The zero-order chi connectivity index (χ0) is 14.5. The lowest BCUT2D eigenvalue weighted by Crippen LogP contribution is -2.57. The molecule has 1 aliphatic rings. The van der Waals surface area contributed by atoms with E-state index in [-0.39, 0.29) is 11.8 Å². The molecule has 3 N–H and O–H groups in total. The highest BCUT2D eigenvalue weighted by atomic mass is 16.4. The highest BCUT2D eigenvalue weighted by Crippen LogP contribution is 2.25. The van der Waals surface area contributed by atoms with Gasteiger partial charge in [-0.15, -0.1) is 0 Å². The molecule has 19 heavy (non-hydrogen) atoms. The molecule has 0 bridgehead atoms. The molecule has 5 heteroatoms. The molecule has 2 atom stereocenters. The van der Waals surface area contributed by atoms with Gasteiger partial charge in [0.25, 0.3) is 0 Å². The number of carbonyl (C=O) groups is 2. The average molecular weight is 270 g/mol. The van der Waals surface area contributed by atoms with Gasteiger partial charge in [0.15, 0.2) is 0 Å². The van der Waals surface area contributed by atoms with Crippen molar-refractivity contribution < 1.29 is 14.7 Å². The van der Waals surface area contributed by atoms with Gasteiger partial charge in [-0.3, -0.25) is 4.79 Å². The fourth-order valence-electron chi connectivity index (χ4n) is 2.74. The smallest absolute Gasteiger partial charge is 0.326 e. The number of hydrogen-bond donors (Lipinski definition) is 3. The number of carboxylic acids is 1. The van der Waals surface area contributed by atoms with E-state index in [9.17, 15) is 14.7 Å². The predicted octanol–water partition coefficient (Wildman–Crippen LogP) is 1.52. The minimum absolute atomic E-state index is 0.153. The average Bonchev–Trinajstić information content (AvgIpc) is 2.77. The monoisotopic (exact) mass is 270 g/mol. The summed E-state index contributed by atoms with van der Waals surface area (Å²) in [6.45, 7) is 6.78. The molecule has 1 heterocycles. The number of carboxylic acid groups (broad SMARTS) is 1. The maximum Gasteiger partial charge on any atom is 0.326 e. The van der Waals surface area contributed by atoms with Crippen LogP contribution in [0.2, 0.25) is 0 Å². The Kier molecular flexibility index (Phi) is 5.79. The third-order valence-corrected chi connectivity index (χ3v) is 3.67. The van der Waals surface area contributed by atoms with Crippen LogP contribution in [0.15, 0.2) is 0 Å². The van der Waals surface area contributed by atoms with E-state index in [1.807, 2.05) is 20.8 Å². The zero-order valence-corrected chi connectivity index (χ0v) is 12.2. The molecule has 1 aliphatic heterocycles. The first kappa shape index (κ1) is 16.0. The Morgan fingerprint density at radius 1 is 1.42 bits per heavy atom. The number of aliphatic carboxylic acids is 1. The van der Waals surface area contributed by atoms with Crippen molar-refractivity contribution in [3.05, 3.63) is 0 Å². The summed E-state index contributed by atoms with van der Waals surface area (Å²) in [5, 5.41) is 15.2. The lowest BCUT2D eigenvalue weighted by molar-refractivity contribution is -0.143. The van der Waals surface area contributed by atoms with Crippen LogP contribution < -0.4 is 10.6 Å². The molecule has 1 fully saturated rings. The van der Waals surface area contributed by atoms with Crippen molar-refractivity contribution in [1.29, 1.82) is 0 Å². The summed E-state index contributed by atoms with van der Waals surface area (Å²) in [7, 11) is 0. The molecule has 5 nitrogen and oxygen atoms in total. The number of carbonyl (C=O) groups excluding carboxylic acids is 1. The number of amides is 1. The van der Waals surface area contributed by atoms with Gasteiger partial charge in [0.05, 0.1) is 5.54 Å². The summed E-state index contributed by atoms with van der Waals surface area (Å²) < 4.78 is 0. The van der Waals surface area contributed by atoms with E-state index in [0.29, 0.717) is 6.42 Å². The Hall–Kier alpha value is -1.10. The van der Waals surface area contributed by atoms with E-state index < -0.39 is 17.6 Å². The fourth-order valence-corrected chi connectivity index (χ4v) is 2.74. The van der Waals surface area contributed by atoms with E-state index in [1.54, 1.807) is 0 Å². The molecule has 0 aliphatic carbocycles. The second-order valence-corrected chi connectivity index (χ2v) is 5.86. The summed E-state index contributed by atoms with van der Waals surface area (Å²) in [4.78, 5) is 23.6. The van der Waals surface area contributed by atoms with Crippen molar-refractivity contribution in [2.24, 2.45) is 5.92 Å². The largest absolute Gasteiger partial charge is 0.480 e. The molecular weight excluding hydrogens is 244 g/mol. The lowest BCUT2D eigenvalue weighted by Gasteiger charge is -2.30. The lowest BCUT2D eigenvalue weighted by atomic mass is 9.90. The van der Waals surface area contributed by atoms with Crippen molar-refractivity contribution in [1.82, 2.24) is 10.6 Å². The normalized spacial score (nSPS) is 24.4. The van der Waals surface area contributed by atoms with Gasteiger partial charge in [-0.05, 0) is 38.1 Å². The van der Waals surface area contributed by atoms with Gasteiger partial charge in [-0.1, -0.05) is 27.2 Å². The van der Waals surface area contributed by atoms with Crippen LogP contribution in [0.4, 0.5) is 0 Å². The highest BCUT2D eigenvalue weighted by Gasteiger charge is 2.41. The number of hydrogen-bond acceptors (Lipinski definition) is 3. The molecule has 0 radical (unpaired) electrons. The summed E-state index contributed by atoms with van der Waals surface area (Å²) in [5.74, 6) is -0.869. The van der Waals surface area contributed by atoms with Crippen LogP contribution >= 0.6 is 0 Å². The number of rotatable bonds is 7. The fraction of sp³-hybridized carbons (Fsp3) is 0.857. The maximum atomic E-state index is 12.4. The first-order valence-electron chi connectivity index (χ1n) is 7.20. The second kappa shape index (κ2) is 6.89.